The largest absolute Gasteiger partial charge is 0.493 e. The molecule has 1 amide bonds. The second-order valence-electron chi connectivity index (χ2n) is 6.90. The molecule has 9 heteroatoms. The number of aliphatic imine (C=N–C) groups is 1. The van der Waals surface area contributed by atoms with Crippen LogP contribution in [0.25, 0.3) is 6.08 Å². The molecule has 0 radical (unpaired) electrons. The maximum absolute atomic E-state index is 12.4. The van der Waals surface area contributed by atoms with E-state index in [4.69, 9.17) is 9.47 Å². The SMILES string of the molecule is COc1cc(C=C2SC(=Nc3ccccc3)NC2=O)ccc1OCc1ccccc1[N+](=O)[O-]. The maximum Gasteiger partial charge on any atom is 0.276 e. The number of hydrogen-bond donors (Lipinski definition) is 1. The van der Waals surface area contributed by atoms with Crippen molar-refractivity contribution in [3.63, 3.8) is 0 Å². The molecule has 0 spiro atoms. The van der Waals surface area contributed by atoms with Crippen molar-refractivity contribution in [2.24, 2.45) is 4.99 Å². The molecule has 3 aromatic carbocycles. The molecule has 0 atom stereocenters. The molecule has 1 N–H and O–H groups in total. The Hall–Kier alpha value is -4.11. The lowest BCUT2D eigenvalue weighted by molar-refractivity contribution is -0.385. The van der Waals surface area contributed by atoms with Crippen LogP contribution in [0.3, 0.4) is 0 Å². The molecule has 1 aliphatic heterocycles. The minimum atomic E-state index is -0.440. The number of nitrogens with zero attached hydrogens (tertiary/aromatic N) is 2. The summed E-state index contributed by atoms with van der Waals surface area (Å²) in [6.07, 6.45) is 1.74. The van der Waals surface area contributed by atoms with Crippen molar-refractivity contribution in [2.75, 3.05) is 7.11 Å². The standard InChI is InChI=1S/C24H19N3O5S/c1-31-21-13-16(11-12-20(21)32-15-17-7-5-6-10-19(17)27(29)30)14-22-23(28)26-24(33-22)25-18-8-3-2-4-9-18/h2-14H,15H2,1H3,(H,25,26,28). The zero-order valence-corrected chi connectivity index (χ0v) is 18.4. The molecule has 8 nitrogen and oxygen atoms in total. The fraction of sp³-hybridized carbons (Fsp3) is 0.0833. The van der Waals surface area contributed by atoms with E-state index in [-0.39, 0.29) is 18.2 Å². The summed E-state index contributed by atoms with van der Waals surface area (Å²) in [6, 6.07) is 21.0. The summed E-state index contributed by atoms with van der Waals surface area (Å²) < 4.78 is 11.2. The monoisotopic (exact) mass is 461 g/mol. The number of ether oxygens (including phenoxy) is 2. The van der Waals surface area contributed by atoms with Gasteiger partial charge in [-0.25, -0.2) is 4.99 Å². The Bertz CT molecular complexity index is 1260. The van der Waals surface area contributed by atoms with E-state index in [9.17, 15) is 14.9 Å². The quantitative estimate of drug-likeness (QED) is 0.299. The third kappa shape index (κ3) is 5.39. The van der Waals surface area contributed by atoms with Crippen LogP contribution in [0.1, 0.15) is 11.1 Å². The van der Waals surface area contributed by atoms with Gasteiger partial charge in [0, 0.05) is 6.07 Å². The van der Waals surface area contributed by atoms with Crippen LogP contribution in [0.4, 0.5) is 11.4 Å². The number of methoxy groups -OCH3 is 1. The number of carbonyl (C=O) groups excluding carboxylic acids is 1. The number of carbonyl (C=O) groups is 1. The smallest absolute Gasteiger partial charge is 0.276 e. The van der Waals surface area contributed by atoms with Gasteiger partial charge in [-0.2, -0.15) is 0 Å². The lowest BCUT2D eigenvalue weighted by Gasteiger charge is -2.11. The van der Waals surface area contributed by atoms with E-state index >= 15 is 0 Å². The van der Waals surface area contributed by atoms with Gasteiger partial charge in [0.2, 0.25) is 0 Å². The molecule has 0 aromatic heterocycles. The van der Waals surface area contributed by atoms with Gasteiger partial charge in [-0.3, -0.25) is 14.9 Å². The number of nitro groups is 1. The van der Waals surface area contributed by atoms with Gasteiger partial charge in [0.25, 0.3) is 11.6 Å². The number of para-hydroxylation sites is 2. The lowest BCUT2D eigenvalue weighted by atomic mass is 10.1. The van der Waals surface area contributed by atoms with E-state index in [0.29, 0.717) is 27.1 Å². The Morgan fingerprint density at radius 1 is 1.06 bits per heavy atom. The van der Waals surface area contributed by atoms with Crippen molar-refractivity contribution < 1.29 is 19.2 Å². The van der Waals surface area contributed by atoms with Crippen LogP contribution in [0.2, 0.25) is 0 Å². The van der Waals surface area contributed by atoms with Gasteiger partial charge >= 0.3 is 0 Å². The predicted molar refractivity (Wildman–Crippen MR) is 128 cm³/mol. The molecule has 3 aromatic rings. The zero-order chi connectivity index (χ0) is 23.2. The third-order valence-corrected chi connectivity index (χ3v) is 5.60. The van der Waals surface area contributed by atoms with Gasteiger partial charge in [0.15, 0.2) is 16.7 Å². The molecule has 166 valence electrons. The Balaban J connectivity index is 1.50. The average Bonchev–Trinajstić information content (AvgIpc) is 3.17. The first-order valence-electron chi connectivity index (χ1n) is 9.91. The number of amides is 1. The van der Waals surface area contributed by atoms with Crippen LogP contribution >= 0.6 is 11.8 Å². The summed E-state index contributed by atoms with van der Waals surface area (Å²) in [5.41, 5.74) is 1.95. The summed E-state index contributed by atoms with van der Waals surface area (Å²) >= 11 is 1.25. The Morgan fingerprint density at radius 2 is 1.82 bits per heavy atom. The van der Waals surface area contributed by atoms with Gasteiger partial charge in [-0.15, -0.1) is 0 Å². The summed E-state index contributed by atoms with van der Waals surface area (Å²) in [4.78, 5) is 28.0. The third-order valence-electron chi connectivity index (χ3n) is 4.69. The summed E-state index contributed by atoms with van der Waals surface area (Å²) in [7, 11) is 1.51. The number of hydrogen-bond acceptors (Lipinski definition) is 7. The first-order chi connectivity index (χ1) is 16.0. The highest BCUT2D eigenvalue weighted by atomic mass is 32.2. The molecular weight excluding hydrogens is 442 g/mol. The Morgan fingerprint density at radius 3 is 2.58 bits per heavy atom. The molecule has 4 rings (SSSR count). The second kappa shape index (κ2) is 10.0. The van der Waals surface area contributed by atoms with Crippen molar-refractivity contribution in [1.29, 1.82) is 0 Å². The van der Waals surface area contributed by atoms with Crippen LogP contribution in [0.5, 0.6) is 11.5 Å². The molecule has 0 saturated carbocycles. The first-order valence-corrected chi connectivity index (χ1v) is 10.7. The van der Waals surface area contributed by atoms with Gasteiger partial charge in [0.1, 0.15) is 6.61 Å². The number of amidine groups is 1. The number of nitrogens with one attached hydrogen (secondary N) is 1. The van der Waals surface area contributed by atoms with E-state index in [1.807, 2.05) is 30.3 Å². The second-order valence-corrected chi connectivity index (χ2v) is 7.93. The van der Waals surface area contributed by atoms with E-state index < -0.39 is 4.92 Å². The lowest BCUT2D eigenvalue weighted by Crippen LogP contribution is -2.19. The molecule has 0 aliphatic carbocycles. The Labute approximate surface area is 194 Å². The van der Waals surface area contributed by atoms with Crippen LogP contribution in [0.15, 0.2) is 82.7 Å². The highest BCUT2D eigenvalue weighted by Gasteiger charge is 2.24. The minimum Gasteiger partial charge on any atom is -0.493 e. The van der Waals surface area contributed by atoms with Gasteiger partial charge in [0.05, 0.1) is 28.2 Å². The number of nitro benzene ring substituents is 1. The minimum absolute atomic E-state index is 0.00457. The number of rotatable bonds is 7. The molecule has 1 saturated heterocycles. The average molecular weight is 461 g/mol. The van der Waals surface area contributed by atoms with Crippen molar-refractivity contribution in [1.82, 2.24) is 5.32 Å². The number of benzene rings is 3. The van der Waals surface area contributed by atoms with E-state index in [0.717, 1.165) is 11.3 Å². The Kier molecular flexibility index (Phi) is 6.70. The number of thioether (sulfide) groups is 1. The summed E-state index contributed by atoms with van der Waals surface area (Å²) in [5, 5.41) is 14.5. The maximum atomic E-state index is 12.4. The first kappa shape index (κ1) is 22.1. The highest BCUT2D eigenvalue weighted by Crippen LogP contribution is 2.33. The van der Waals surface area contributed by atoms with Crippen LogP contribution in [-0.4, -0.2) is 23.1 Å². The van der Waals surface area contributed by atoms with Crippen LogP contribution in [-0.2, 0) is 11.4 Å². The molecule has 0 bridgehead atoms. The molecule has 0 unspecified atom stereocenters. The van der Waals surface area contributed by atoms with Gasteiger partial charge in [-0.05, 0) is 53.7 Å². The van der Waals surface area contributed by atoms with Crippen LogP contribution < -0.4 is 14.8 Å². The van der Waals surface area contributed by atoms with Crippen molar-refractivity contribution >= 4 is 40.3 Å². The van der Waals surface area contributed by atoms with Crippen molar-refractivity contribution in [3.8, 4) is 11.5 Å². The fourth-order valence-electron chi connectivity index (χ4n) is 3.11. The topological polar surface area (TPSA) is 103 Å². The van der Waals surface area contributed by atoms with Crippen molar-refractivity contribution in [2.45, 2.75) is 6.61 Å². The molecule has 1 heterocycles. The fourth-order valence-corrected chi connectivity index (χ4v) is 3.95. The van der Waals surface area contributed by atoms with E-state index in [1.54, 1.807) is 42.5 Å². The summed E-state index contributed by atoms with van der Waals surface area (Å²) in [6.45, 7) is 0.0194. The van der Waals surface area contributed by atoms with Crippen molar-refractivity contribution in [3.05, 3.63) is 98.9 Å². The van der Waals surface area contributed by atoms with E-state index in [1.165, 1.54) is 24.9 Å². The molecule has 33 heavy (non-hydrogen) atoms. The molecule has 1 fully saturated rings. The normalized spacial score (nSPS) is 15.5. The highest BCUT2D eigenvalue weighted by molar-refractivity contribution is 8.18. The predicted octanol–water partition coefficient (Wildman–Crippen LogP) is 5.07. The molecular formula is C24H19N3O5S. The van der Waals surface area contributed by atoms with Gasteiger partial charge in [-0.1, -0.05) is 36.4 Å². The van der Waals surface area contributed by atoms with Gasteiger partial charge < -0.3 is 14.8 Å². The zero-order valence-electron chi connectivity index (χ0n) is 17.6. The van der Waals surface area contributed by atoms with Crippen LogP contribution in [0, 0.1) is 10.1 Å². The van der Waals surface area contributed by atoms with E-state index in [2.05, 4.69) is 10.3 Å². The molecule has 1 aliphatic rings. The summed E-state index contributed by atoms with van der Waals surface area (Å²) in [5.74, 6) is 0.655.